The van der Waals surface area contributed by atoms with Gasteiger partial charge in [0.2, 0.25) is 11.7 Å². The van der Waals surface area contributed by atoms with Crippen LogP contribution in [0.15, 0.2) is 21.7 Å². The van der Waals surface area contributed by atoms with Crippen molar-refractivity contribution < 1.29 is 19.0 Å². The van der Waals surface area contributed by atoms with Gasteiger partial charge in [-0.15, -0.1) is 0 Å². The second-order valence-electron chi connectivity index (χ2n) is 8.61. The third-order valence-electron chi connectivity index (χ3n) is 4.96. The van der Waals surface area contributed by atoms with Gasteiger partial charge in [0, 0.05) is 13.1 Å². The lowest BCUT2D eigenvalue weighted by Gasteiger charge is -2.26. The van der Waals surface area contributed by atoms with Crippen molar-refractivity contribution in [1.82, 2.24) is 9.55 Å². The van der Waals surface area contributed by atoms with Gasteiger partial charge < -0.3 is 24.8 Å². The molecule has 0 saturated heterocycles. The van der Waals surface area contributed by atoms with Gasteiger partial charge in [-0.3, -0.25) is 19.1 Å². The third-order valence-corrected chi connectivity index (χ3v) is 4.96. The molecule has 0 saturated carbocycles. The highest BCUT2D eigenvalue weighted by Gasteiger charge is 2.26. The second-order valence-corrected chi connectivity index (χ2v) is 8.61. The zero-order valence-corrected chi connectivity index (χ0v) is 20.4. The molecular formula is C23H34N4O6. The molecule has 1 amide bonds. The number of aromatic nitrogens is 2. The highest BCUT2D eigenvalue weighted by Crippen LogP contribution is 2.38. The first kappa shape index (κ1) is 25.8. The Balaban J connectivity index is 2.56. The summed E-state index contributed by atoms with van der Waals surface area (Å²) in [5, 5.41) is 0. The van der Waals surface area contributed by atoms with E-state index in [2.05, 4.69) is 4.98 Å². The summed E-state index contributed by atoms with van der Waals surface area (Å²) in [7, 11) is 4.48. The number of rotatable bonds is 10. The van der Waals surface area contributed by atoms with Gasteiger partial charge in [-0.2, -0.15) is 0 Å². The average molecular weight is 463 g/mol. The van der Waals surface area contributed by atoms with Crippen LogP contribution in [-0.4, -0.2) is 43.3 Å². The van der Waals surface area contributed by atoms with Crippen LogP contribution in [0.4, 0.5) is 11.5 Å². The molecule has 1 heterocycles. The van der Waals surface area contributed by atoms with Crippen molar-refractivity contribution in [2.45, 2.75) is 40.7 Å². The van der Waals surface area contributed by atoms with Gasteiger partial charge in [-0.25, -0.2) is 4.79 Å². The van der Waals surface area contributed by atoms with Crippen LogP contribution < -0.4 is 36.1 Å². The molecule has 0 fully saturated rings. The summed E-state index contributed by atoms with van der Waals surface area (Å²) in [6.45, 7) is 8.26. The Labute approximate surface area is 193 Å². The first-order valence-corrected chi connectivity index (χ1v) is 10.8. The predicted molar refractivity (Wildman–Crippen MR) is 128 cm³/mol. The molecule has 1 aromatic carbocycles. The summed E-state index contributed by atoms with van der Waals surface area (Å²) in [5.41, 5.74) is 5.54. The minimum Gasteiger partial charge on any atom is -0.493 e. The molecule has 3 N–H and O–H groups in total. The van der Waals surface area contributed by atoms with Crippen molar-refractivity contribution in [3.8, 4) is 17.2 Å². The average Bonchev–Trinajstić information content (AvgIpc) is 2.74. The van der Waals surface area contributed by atoms with Crippen molar-refractivity contribution in [3.63, 3.8) is 0 Å². The molecular weight excluding hydrogens is 428 g/mol. The summed E-state index contributed by atoms with van der Waals surface area (Å²) in [5.74, 6) is 1.00. The number of carbonyl (C=O) groups is 1. The number of nitrogen functional groups attached to an aromatic ring is 1. The van der Waals surface area contributed by atoms with E-state index in [4.69, 9.17) is 19.9 Å². The monoisotopic (exact) mass is 462 g/mol. The van der Waals surface area contributed by atoms with Crippen LogP contribution >= 0.6 is 0 Å². The smallest absolute Gasteiger partial charge is 0.330 e. The standard InChI is InChI=1S/C23H34N4O6/c1-13(2)11-26(19-21(24)27(12-14(3)4)23(30)25-22(19)29)18(28)10-15-8-16(31-5)20(33-7)17(9-15)32-6/h8-9,13-14H,10-12,24H2,1-7H3,(H,25,29,30). The summed E-state index contributed by atoms with van der Waals surface area (Å²) >= 11 is 0. The number of H-pyrrole nitrogens is 1. The SMILES string of the molecule is COc1cc(CC(=O)N(CC(C)C)c2c(N)n(CC(C)C)c(=O)[nH]c2=O)cc(OC)c1OC. The van der Waals surface area contributed by atoms with E-state index in [-0.39, 0.29) is 42.2 Å². The number of nitrogens with one attached hydrogen (secondary N) is 1. The zero-order valence-electron chi connectivity index (χ0n) is 20.4. The molecule has 0 aliphatic rings. The third kappa shape index (κ3) is 5.88. The summed E-state index contributed by atoms with van der Waals surface area (Å²) < 4.78 is 17.4. The molecule has 0 spiro atoms. The maximum Gasteiger partial charge on any atom is 0.330 e. The Bertz CT molecular complexity index is 1080. The molecule has 2 rings (SSSR count). The lowest BCUT2D eigenvalue weighted by molar-refractivity contribution is -0.118. The van der Waals surface area contributed by atoms with Crippen LogP contribution in [0.5, 0.6) is 17.2 Å². The Hall–Kier alpha value is -3.43. The molecule has 182 valence electrons. The molecule has 0 unspecified atom stereocenters. The Kier molecular flexibility index (Phi) is 8.56. The fraction of sp³-hybridized carbons (Fsp3) is 0.522. The molecule has 10 heteroatoms. The zero-order chi connectivity index (χ0) is 24.9. The molecule has 10 nitrogen and oxygen atoms in total. The van der Waals surface area contributed by atoms with Crippen LogP contribution in [-0.2, 0) is 17.8 Å². The fourth-order valence-electron chi connectivity index (χ4n) is 3.58. The highest BCUT2D eigenvalue weighted by molar-refractivity contribution is 5.97. The van der Waals surface area contributed by atoms with Crippen molar-refractivity contribution in [3.05, 3.63) is 38.5 Å². The van der Waals surface area contributed by atoms with Crippen molar-refractivity contribution >= 4 is 17.4 Å². The Morgan fingerprint density at radius 1 is 1.03 bits per heavy atom. The molecule has 0 bridgehead atoms. The number of methoxy groups -OCH3 is 3. The highest BCUT2D eigenvalue weighted by atomic mass is 16.5. The molecule has 0 aliphatic heterocycles. The van der Waals surface area contributed by atoms with E-state index in [1.807, 2.05) is 27.7 Å². The molecule has 0 aliphatic carbocycles. The van der Waals surface area contributed by atoms with Crippen LogP contribution in [0.3, 0.4) is 0 Å². The van der Waals surface area contributed by atoms with Crippen LogP contribution in [0.2, 0.25) is 0 Å². The van der Waals surface area contributed by atoms with E-state index in [1.54, 1.807) is 12.1 Å². The van der Waals surface area contributed by atoms with Gasteiger partial charge in [0.1, 0.15) is 5.82 Å². The topological polar surface area (TPSA) is 129 Å². The van der Waals surface area contributed by atoms with Crippen LogP contribution in [0, 0.1) is 11.8 Å². The number of carbonyl (C=O) groups excluding carboxylic acids is 1. The van der Waals surface area contributed by atoms with Crippen LogP contribution in [0.1, 0.15) is 33.3 Å². The van der Waals surface area contributed by atoms with Crippen molar-refractivity contribution in [2.75, 3.05) is 38.5 Å². The number of aromatic amines is 1. The normalized spacial score (nSPS) is 11.1. The number of ether oxygens (including phenoxy) is 3. The second kappa shape index (κ2) is 10.9. The van der Waals surface area contributed by atoms with Crippen molar-refractivity contribution in [1.29, 1.82) is 0 Å². The molecule has 1 aromatic heterocycles. The number of hydrogen-bond acceptors (Lipinski definition) is 7. The van der Waals surface area contributed by atoms with Gasteiger partial charge in [-0.05, 0) is 29.5 Å². The molecule has 0 radical (unpaired) electrons. The van der Waals surface area contributed by atoms with E-state index >= 15 is 0 Å². The number of anilines is 2. The van der Waals surface area contributed by atoms with Gasteiger partial charge >= 0.3 is 5.69 Å². The predicted octanol–water partition coefficient (Wildman–Crippen LogP) is 2.03. The molecule has 33 heavy (non-hydrogen) atoms. The lowest BCUT2D eigenvalue weighted by atomic mass is 10.1. The Morgan fingerprint density at radius 2 is 1.61 bits per heavy atom. The van der Waals surface area contributed by atoms with Gasteiger partial charge in [0.25, 0.3) is 5.56 Å². The fourth-order valence-corrected chi connectivity index (χ4v) is 3.58. The van der Waals surface area contributed by atoms with E-state index < -0.39 is 11.2 Å². The maximum atomic E-state index is 13.4. The summed E-state index contributed by atoms with van der Waals surface area (Å²) in [6.07, 6.45) is -0.0500. The van der Waals surface area contributed by atoms with E-state index in [0.717, 1.165) is 0 Å². The Morgan fingerprint density at radius 3 is 2.06 bits per heavy atom. The van der Waals surface area contributed by atoms with E-state index in [1.165, 1.54) is 30.8 Å². The van der Waals surface area contributed by atoms with Gasteiger partial charge in [0.05, 0.1) is 27.8 Å². The quantitative estimate of drug-likeness (QED) is 0.553. The minimum atomic E-state index is -0.698. The number of nitrogens with two attached hydrogens (primary N) is 1. The van der Waals surface area contributed by atoms with Gasteiger partial charge in [0.15, 0.2) is 17.2 Å². The summed E-state index contributed by atoms with van der Waals surface area (Å²) in [6, 6.07) is 3.36. The first-order chi connectivity index (χ1) is 15.5. The van der Waals surface area contributed by atoms with E-state index in [0.29, 0.717) is 29.4 Å². The van der Waals surface area contributed by atoms with Crippen LogP contribution in [0.25, 0.3) is 0 Å². The number of hydrogen-bond donors (Lipinski definition) is 2. The largest absolute Gasteiger partial charge is 0.493 e. The maximum absolute atomic E-state index is 13.4. The minimum absolute atomic E-state index is 0.0265. The van der Waals surface area contributed by atoms with Gasteiger partial charge in [-0.1, -0.05) is 27.7 Å². The van der Waals surface area contributed by atoms with Crippen molar-refractivity contribution in [2.24, 2.45) is 11.8 Å². The lowest BCUT2D eigenvalue weighted by Crippen LogP contribution is -2.43. The number of amides is 1. The molecule has 2 aromatic rings. The molecule has 0 atom stereocenters. The summed E-state index contributed by atoms with van der Waals surface area (Å²) in [4.78, 5) is 42.2. The number of nitrogens with zero attached hydrogens (tertiary/aromatic N) is 2. The van der Waals surface area contributed by atoms with E-state index in [9.17, 15) is 14.4 Å². The first-order valence-electron chi connectivity index (χ1n) is 10.8. The number of benzene rings is 1.